The Morgan fingerprint density at radius 3 is 2.89 bits per heavy atom. The lowest BCUT2D eigenvalue weighted by atomic mass is 10.2. The van der Waals surface area contributed by atoms with Gasteiger partial charge in [-0.25, -0.2) is 4.98 Å². The van der Waals surface area contributed by atoms with E-state index in [9.17, 15) is 0 Å². The first-order valence-corrected chi connectivity index (χ1v) is 7.95. The van der Waals surface area contributed by atoms with Crippen LogP contribution in [0.4, 0.5) is 0 Å². The average molecular weight is 267 g/mol. The molecule has 2 rings (SSSR count). The van der Waals surface area contributed by atoms with E-state index < -0.39 is 0 Å². The fourth-order valence-corrected chi connectivity index (χ4v) is 3.23. The zero-order chi connectivity index (χ0) is 12.8. The van der Waals surface area contributed by atoms with Crippen LogP contribution in [0.15, 0.2) is 5.38 Å². The van der Waals surface area contributed by atoms with Crippen molar-refractivity contribution in [1.82, 2.24) is 15.2 Å². The van der Waals surface area contributed by atoms with E-state index >= 15 is 0 Å². The third-order valence-electron chi connectivity index (χ3n) is 3.60. The van der Waals surface area contributed by atoms with Gasteiger partial charge in [-0.15, -0.1) is 11.3 Å². The average Bonchev–Trinajstić information content (AvgIpc) is 2.96. The zero-order valence-electron chi connectivity index (χ0n) is 11.6. The minimum atomic E-state index is 0.802. The number of nitrogens with zero attached hydrogens (tertiary/aromatic N) is 2. The van der Waals surface area contributed by atoms with Crippen molar-refractivity contribution in [1.29, 1.82) is 0 Å². The molecule has 3 nitrogen and oxygen atoms in total. The van der Waals surface area contributed by atoms with E-state index in [4.69, 9.17) is 0 Å². The minimum Gasteiger partial charge on any atom is -0.314 e. The summed E-state index contributed by atoms with van der Waals surface area (Å²) >= 11 is 1.74. The van der Waals surface area contributed by atoms with Crippen molar-refractivity contribution in [3.63, 3.8) is 0 Å². The van der Waals surface area contributed by atoms with Gasteiger partial charge in [-0.3, -0.25) is 0 Å². The molecule has 18 heavy (non-hydrogen) atoms. The third kappa shape index (κ3) is 4.67. The first-order chi connectivity index (χ1) is 8.74. The summed E-state index contributed by atoms with van der Waals surface area (Å²) < 4.78 is 0. The highest BCUT2D eigenvalue weighted by molar-refractivity contribution is 7.09. The van der Waals surface area contributed by atoms with Gasteiger partial charge in [0.1, 0.15) is 0 Å². The molecule has 1 aromatic rings. The molecule has 0 amide bonds. The van der Waals surface area contributed by atoms with Gasteiger partial charge in [-0.05, 0) is 46.3 Å². The summed E-state index contributed by atoms with van der Waals surface area (Å²) in [5, 5.41) is 7.00. The Bertz CT molecular complexity index is 345. The second kappa shape index (κ2) is 7.22. The Hall–Kier alpha value is -0.450. The van der Waals surface area contributed by atoms with Crippen molar-refractivity contribution < 1.29 is 0 Å². The molecule has 4 heteroatoms. The molecule has 1 fully saturated rings. The molecule has 0 aliphatic heterocycles. The van der Waals surface area contributed by atoms with E-state index in [1.807, 2.05) is 0 Å². The number of aromatic nitrogens is 1. The molecule has 0 bridgehead atoms. The highest BCUT2D eigenvalue weighted by atomic mass is 32.1. The van der Waals surface area contributed by atoms with Crippen LogP contribution in [0.5, 0.6) is 0 Å². The zero-order valence-corrected chi connectivity index (χ0v) is 12.4. The lowest BCUT2D eigenvalue weighted by Gasteiger charge is -2.17. The van der Waals surface area contributed by atoms with Crippen LogP contribution >= 0.6 is 11.3 Å². The molecule has 1 aliphatic carbocycles. The molecule has 1 aliphatic rings. The first-order valence-electron chi connectivity index (χ1n) is 7.07. The smallest absolute Gasteiger partial charge is 0.0897 e. The normalized spacial score (nSPS) is 16.8. The molecule has 0 spiro atoms. The fraction of sp³-hybridized carbons (Fsp3) is 0.786. The molecular weight excluding hydrogens is 242 g/mol. The van der Waals surface area contributed by atoms with Crippen LogP contribution < -0.4 is 5.32 Å². The maximum atomic E-state index is 4.50. The van der Waals surface area contributed by atoms with Crippen molar-refractivity contribution >= 4 is 11.3 Å². The fourth-order valence-electron chi connectivity index (χ4n) is 2.62. The van der Waals surface area contributed by atoms with E-state index in [1.165, 1.54) is 42.8 Å². The summed E-state index contributed by atoms with van der Waals surface area (Å²) in [7, 11) is 2.18. The second-order valence-corrected chi connectivity index (χ2v) is 6.45. The summed E-state index contributed by atoms with van der Waals surface area (Å²) in [6.45, 7) is 5.36. The van der Waals surface area contributed by atoms with Gasteiger partial charge in [0.25, 0.3) is 0 Å². The van der Waals surface area contributed by atoms with Crippen molar-refractivity contribution in [3.8, 4) is 0 Å². The highest BCUT2D eigenvalue weighted by Gasteiger charge is 2.13. The van der Waals surface area contributed by atoms with Crippen molar-refractivity contribution in [2.75, 3.05) is 20.1 Å². The number of hydrogen-bond acceptors (Lipinski definition) is 4. The van der Waals surface area contributed by atoms with E-state index in [0.29, 0.717) is 0 Å². The van der Waals surface area contributed by atoms with E-state index in [1.54, 1.807) is 11.3 Å². The standard InChI is InChI=1S/C14H25N3S/c1-12-16-14(11-18-12)10-17(2)9-5-8-15-13-6-3-4-7-13/h11,13,15H,3-10H2,1-2H3. The predicted octanol–water partition coefficient (Wildman–Crippen LogP) is 2.81. The summed E-state index contributed by atoms with van der Waals surface area (Å²) in [6, 6.07) is 0.802. The Morgan fingerprint density at radius 1 is 1.44 bits per heavy atom. The molecule has 0 atom stereocenters. The van der Waals surface area contributed by atoms with Gasteiger partial charge in [0, 0.05) is 18.0 Å². The number of thiazole rings is 1. The van der Waals surface area contributed by atoms with E-state index in [0.717, 1.165) is 25.7 Å². The Labute approximate surface area is 115 Å². The summed E-state index contributed by atoms with van der Waals surface area (Å²) in [6.07, 6.45) is 6.83. The lowest BCUT2D eigenvalue weighted by Crippen LogP contribution is -2.29. The molecule has 0 unspecified atom stereocenters. The molecule has 0 saturated heterocycles. The van der Waals surface area contributed by atoms with Crippen LogP contribution in [0.25, 0.3) is 0 Å². The van der Waals surface area contributed by atoms with Gasteiger partial charge in [-0.2, -0.15) is 0 Å². The van der Waals surface area contributed by atoms with Gasteiger partial charge in [0.2, 0.25) is 0 Å². The number of nitrogens with one attached hydrogen (secondary N) is 1. The van der Waals surface area contributed by atoms with E-state index in [2.05, 4.69) is 34.6 Å². The van der Waals surface area contributed by atoms with Gasteiger partial charge >= 0.3 is 0 Å². The number of rotatable bonds is 7. The Morgan fingerprint density at radius 2 is 2.22 bits per heavy atom. The van der Waals surface area contributed by atoms with Crippen LogP contribution in [0.1, 0.15) is 42.8 Å². The van der Waals surface area contributed by atoms with Gasteiger partial charge < -0.3 is 10.2 Å². The lowest BCUT2D eigenvalue weighted by molar-refractivity contribution is 0.313. The topological polar surface area (TPSA) is 28.2 Å². The molecule has 0 radical (unpaired) electrons. The molecular formula is C14H25N3S. The number of hydrogen-bond donors (Lipinski definition) is 1. The maximum Gasteiger partial charge on any atom is 0.0897 e. The number of aryl methyl sites for hydroxylation is 1. The maximum absolute atomic E-state index is 4.50. The summed E-state index contributed by atoms with van der Waals surface area (Å²) in [5.74, 6) is 0. The quantitative estimate of drug-likeness (QED) is 0.770. The largest absolute Gasteiger partial charge is 0.314 e. The molecule has 1 N–H and O–H groups in total. The Kier molecular flexibility index (Phi) is 5.60. The summed E-state index contributed by atoms with van der Waals surface area (Å²) in [5.41, 5.74) is 1.21. The Balaban J connectivity index is 1.55. The van der Waals surface area contributed by atoms with Crippen molar-refractivity contribution in [2.45, 2.75) is 51.6 Å². The molecule has 102 valence electrons. The molecule has 1 saturated carbocycles. The first kappa shape index (κ1) is 14.0. The minimum absolute atomic E-state index is 0.802. The second-order valence-electron chi connectivity index (χ2n) is 5.38. The van der Waals surface area contributed by atoms with Crippen LogP contribution in [0.2, 0.25) is 0 Å². The van der Waals surface area contributed by atoms with Gasteiger partial charge in [-0.1, -0.05) is 12.8 Å². The van der Waals surface area contributed by atoms with Crippen LogP contribution in [0.3, 0.4) is 0 Å². The monoisotopic (exact) mass is 267 g/mol. The van der Waals surface area contributed by atoms with Crippen molar-refractivity contribution in [3.05, 3.63) is 16.1 Å². The SMILES string of the molecule is Cc1nc(CN(C)CCCNC2CCCC2)cs1. The summed E-state index contributed by atoms with van der Waals surface area (Å²) in [4.78, 5) is 6.87. The predicted molar refractivity (Wildman–Crippen MR) is 78.1 cm³/mol. The van der Waals surface area contributed by atoms with Crippen LogP contribution in [-0.4, -0.2) is 36.1 Å². The third-order valence-corrected chi connectivity index (χ3v) is 4.43. The van der Waals surface area contributed by atoms with Crippen LogP contribution in [0, 0.1) is 6.92 Å². The van der Waals surface area contributed by atoms with E-state index in [-0.39, 0.29) is 0 Å². The van der Waals surface area contributed by atoms with Gasteiger partial charge in [0.05, 0.1) is 10.7 Å². The molecule has 1 aromatic heterocycles. The highest BCUT2D eigenvalue weighted by Crippen LogP contribution is 2.17. The van der Waals surface area contributed by atoms with Gasteiger partial charge in [0.15, 0.2) is 0 Å². The molecule has 1 heterocycles. The van der Waals surface area contributed by atoms with Crippen LogP contribution in [-0.2, 0) is 6.54 Å². The molecule has 0 aromatic carbocycles. The van der Waals surface area contributed by atoms with Crippen molar-refractivity contribution in [2.24, 2.45) is 0 Å².